The Hall–Kier alpha value is -1.16. The Bertz CT molecular complexity index is 372. The van der Waals surface area contributed by atoms with E-state index in [0.29, 0.717) is 12.0 Å². The summed E-state index contributed by atoms with van der Waals surface area (Å²) in [5.74, 6) is 1.67. The number of nitrogens with zero attached hydrogens (tertiary/aromatic N) is 3. The van der Waals surface area contributed by atoms with Crippen molar-refractivity contribution in [1.82, 2.24) is 15.3 Å². The van der Waals surface area contributed by atoms with Crippen LogP contribution >= 0.6 is 0 Å². The average Bonchev–Trinajstić information content (AvgIpc) is 2.81. The molecule has 0 aliphatic carbocycles. The molecule has 1 aromatic heterocycles. The van der Waals surface area contributed by atoms with Gasteiger partial charge in [0.25, 0.3) is 0 Å². The normalized spacial score (nSPS) is 19.4. The molecule has 1 fully saturated rings. The quantitative estimate of drug-likeness (QED) is 0.865. The van der Waals surface area contributed by atoms with Gasteiger partial charge < -0.3 is 10.2 Å². The molecule has 0 aromatic carbocycles. The minimum absolute atomic E-state index is 0.602. The molecule has 1 saturated heterocycles. The molecule has 1 N–H and O–H groups in total. The van der Waals surface area contributed by atoms with Crippen LogP contribution in [0.15, 0.2) is 12.4 Å². The SMILES string of the molecule is Cc1nccnc1N(CC(C)C)CC1CCCN1. The van der Waals surface area contributed by atoms with E-state index in [2.05, 4.69) is 34.0 Å². The van der Waals surface area contributed by atoms with Gasteiger partial charge in [0.2, 0.25) is 0 Å². The zero-order chi connectivity index (χ0) is 13.0. The fourth-order valence-electron chi connectivity index (χ4n) is 2.58. The Morgan fingerprint density at radius 2 is 2.17 bits per heavy atom. The van der Waals surface area contributed by atoms with Crippen LogP contribution in [0.25, 0.3) is 0 Å². The zero-order valence-electron chi connectivity index (χ0n) is 11.7. The summed E-state index contributed by atoms with van der Waals surface area (Å²) in [5, 5.41) is 3.56. The fraction of sp³-hybridized carbons (Fsp3) is 0.714. The molecule has 1 aromatic rings. The van der Waals surface area contributed by atoms with Crippen molar-refractivity contribution in [3.8, 4) is 0 Å². The van der Waals surface area contributed by atoms with Crippen molar-refractivity contribution in [2.75, 3.05) is 24.5 Å². The van der Waals surface area contributed by atoms with Gasteiger partial charge >= 0.3 is 0 Å². The van der Waals surface area contributed by atoms with Crippen molar-refractivity contribution < 1.29 is 0 Å². The molecule has 0 saturated carbocycles. The van der Waals surface area contributed by atoms with Gasteiger partial charge in [-0.15, -0.1) is 0 Å². The van der Waals surface area contributed by atoms with Gasteiger partial charge in [-0.2, -0.15) is 0 Å². The smallest absolute Gasteiger partial charge is 0.150 e. The van der Waals surface area contributed by atoms with E-state index >= 15 is 0 Å². The average molecular weight is 248 g/mol. The maximum absolute atomic E-state index is 4.51. The molecule has 18 heavy (non-hydrogen) atoms. The van der Waals surface area contributed by atoms with Crippen molar-refractivity contribution >= 4 is 5.82 Å². The summed E-state index contributed by atoms with van der Waals surface area (Å²) in [6.07, 6.45) is 6.12. The summed E-state index contributed by atoms with van der Waals surface area (Å²) in [6.45, 7) is 9.77. The largest absolute Gasteiger partial charge is 0.353 e. The molecule has 1 atom stereocenters. The molecular weight excluding hydrogens is 224 g/mol. The van der Waals surface area contributed by atoms with Crippen molar-refractivity contribution in [3.63, 3.8) is 0 Å². The first kappa shape index (κ1) is 13.3. The molecule has 0 bridgehead atoms. The summed E-state index contributed by atoms with van der Waals surface area (Å²) in [4.78, 5) is 11.3. The molecule has 1 aliphatic rings. The summed E-state index contributed by atoms with van der Waals surface area (Å²) in [5.41, 5.74) is 1.02. The molecule has 1 aliphatic heterocycles. The van der Waals surface area contributed by atoms with Gasteiger partial charge in [0.1, 0.15) is 5.82 Å². The highest BCUT2D eigenvalue weighted by molar-refractivity contribution is 5.42. The number of aryl methyl sites for hydroxylation is 1. The van der Waals surface area contributed by atoms with E-state index < -0.39 is 0 Å². The Kier molecular flexibility index (Phi) is 4.53. The summed E-state index contributed by atoms with van der Waals surface area (Å²) < 4.78 is 0. The molecule has 0 radical (unpaired) electrons. The lowest BCUT2D eigenvalue weighted by Crippen LogP contribution is -2.40. The Balaban J connectivity index is 2.11. The number of rotatable bonds is 5. The van der Waals surface area contributed by atoms with Crippen molar-refractivity contribution in [3.05, 3.63) is 18.1 Å². The summed E-state index contributed by atoms with van der Waals surface area (Å²) in [6, 6.07) is 0.602. The number of nitrogens with one attached hydrogen (secondary N) is 1. The lowest BCUT2D eigenvalue weighted by Gasteiger charge is -2.29. The maximum Gasteiger partial charge on any atom is 0.150 e. The van der Waals surface area contributed by atoms with E-state index in [1.807, 2.05) is 6.92 Å². The van der Waals surface area contributed by atoms with Crippen LogP contribution in [0, 0.1) is 12.8 Å². The highest BCUT2D eigenvalue weighted by Gasteiger charge is 2.20. The first-order chi connectivity index (χ1) is 8.66. The van der Waals surface area contributed by atoms with E-state index in [1.165, 1.54) is 12.8 Å². The Morgan fingerprint density at radius 3 is 2.78 bits per heavy atom. The van der Waals surface area contributed by atoms with E-state index in [1.54, 1.807) is 12.4 Å². The molecule has 0 spiro atoms. The third-order valence-corrected chi connectivity index (χ3v) is 3.34. The van der Waals surface area contributed by atoms with Crippen LogP contribution in [0.3, 0.4) is 0 Å². The van der Waals surface area contributed by atoms with Crippen molar-refractivity contribution in [2.45, 2.75) is 39.7 Å². The Labute approximate surface area is 110 Å². The monoisotopic (exact) mass is 248 g/mol. The van der Waals surface area contributed by atoms with E-state index in [0.717, 1.165) is 31.1 Å². The van der Waals surface area contributed by atoms with Crippen LogP contribution in [0.1, 0.15) is 32.4 Å². The predicted octanol–water partition coefficient (Wildman–Crippen LogP) is 2.00. The number of hydrogen-bond donors (Lipinski definition) is 1. The predicted molar refractivity (Wildman–Crippen MR) is 74.8 cm³/mol. The number of hydrogen-bond acceptors (Lipinski definition) is 4. The van der Waals surface area contributed by atoms with Crippen LogP contribution in [-0.2, 0) is 0 Å². The molecule has 2 rings (SSSR count). The standard InChI is InChI=1S/C14H24N4/c1-11(2)9-18(10-13-5-4-6-16-13)14-12(3)15-7-8-17-14/h7-8,11,13,16H,4-6,9-10H2,1-3H3. The molecule has 100 valence electrons. The third kappa shape index (κ3) is 3.42. The van der Waals surface area contributed by atoms with Crippen LogP contribution < -0.4 is 10.2 Å². The molecule has 4 nitrogen and oxygen atoms in total. The van der Waals surface area contributed by atoms with Gasteiger partial charge in [0.15, 0.2) is 0 Å². The van der Waals surface area contributed by atoms with Gasteiger partial charge in [-0.05, 0) is 32.2 Å². The Morgan fingerprint density at radius 1 is 1.39 bits per heavy atom. The highest BCUT2D eigenvalue weighted by Crippen LogP contribution is 2.18. The second-order valence-electron chi connectivity index (χ2n) is 5.56. The number of anilines is 1. The molecule has 0 amide bonds. The third-order valence-electron chi connectivity index (χ3n) is 3.34. The van der Waals surface area contributed by atoms with Crippen LogP contribution in [0.2, 0.25) is 0 Å². The van der Waals surface area contributed by atoms with Crippen LogP contribution in [0.4, 0.5) is 5.82 Å². The van der Waals surface area contributed by atoms with Crippen molar-refractivity contribution in [1.29, 1.82) is 0 Å². The molecule has 2 heterocycles. The van der Waals surface area contributed by atoms with Gasteiger partial charge in [-0.1, -0.05) is 13.8 Å². The van der Waals surface area contributed by atoms with Gasteiger partial charge in [0.05, 0.1) is 5.69 Å². The lowest BCUT2D eigenvalue weighted by atomic mass is 10.1. The molecule has 4 heteroatoms. The number of aromatic nitrogens is 2. The van der Waals surface area contributed by atoms with Crippen LogP contribution in [-0.4, -0.2) is 35.6 Å². The zero-order valence-corrected chi connectivity index (χ0v) is 11.7. The van der Waals surface area contributed by atoms with E-state index in [9.17, 15) is 0 Å². The van der Waals surface area contributed by atoms with Crippen molar-refractivity contribution in [2.24, 2.45) is 5.92 Å². The lowest BCUT2D eigenvalue weighted by molar-refractivity contribution is 0.536. The summed E-state index contributed by atoms with van der Waals surface area (Å²) >= 11 is 0. The van der Waals surface area contributed by atoms with Gasteiger partial charge in [0, 0.05) is 31.5 Å². The fourth-order valence-corrected chi connectivity index (χ4v) is 2.58. The van der Waals surface area contributed by atoms with Gasteiger partial charge in [-0.3, -0.25) is 4.98 Å². The first-order valence-electron chi connectivity index (χ1n) is 6.92. The second kappa shape index (κ2) is 6.14. The maximum atomic E-state index is 4.51. The molecular formula is C14H24N4. The van der Waals surface area contributed by atoms with Crippen LogP contribution in [0.5, 0.6) is 0 Å². The van der Waals surface area contributed by atoms with Gasteiger partial charge in [-0.25, -0.2) is 4.98 Å². The topological polar surface area (TPSA) is 41.1 Å². The van der Waals surface area contributed by atoms with E-state index in [-0.39, 0.29) is 0 Å². The molecule has 1 unspecified atom stereocenters. The minimum Gasteiger partial charge on any atom is -0.353 e. The second-order valence-corrected chi connectivity index (χ2v) is 5.56. The van der Waals surface area contributed by atoms with E-state index in [4.69, 9.17) is 0 Å². The highest BCUT2D eigenvalue weighted by atomic mass is 15.2. The summed E-state index contributed by atoms with van der Waals surface area (Å²) in [7, 11) is 0. The minimum atomic E-state index is 0.602. The first-order valence-corrected chi connectivity index (χ1v) is 6.92.